The summed E-state index contributed by atoms with van der Waals surface area (Å²) in [6.45, 7) is 7.66. The lowest BCUT2D eigenvalue weighted by molar-refractivity contribution is 0.0727. The number of nitrogens with two attached hydrogens (primary N) is 2. The van der Waals surface area contributed by atoms with Gasteiger partial charge >= 0.3 is 0 Å². The quantitative estimate of drug-likeness (QED) is 0.688. The minimum Gasteiger partial charge on any atom is -0.330 e. The highest BCUT2D eigenvalue weighted by Gasteiger charge is 2.40. The molecule has 0 spiro atoms. The molecular weight excluding hydrogens is 160 g/mol. The molecule has 0 amide bonds. The molecule has 3 unspecified atom stereocenters. The highest BCUT2D eigenvalue weighted by Crippen LogP contribution is 2.46. The van der Waals surface area contributed by atoms with E-state index in [0.717, 1.165) is 13.0 Å². The largest absolute Gasteiger partial charge is 0.330 e. The zero-order chi connectivity index (χ0) is 10.1. The van der Waals surface area contributed by atoms with E-state index in [0.29, 0.717) is 11.5 Å². The fraction of sp³-hybridized carbons (Fsp3) is 1.00. The fourth-order valence-electron chi connectivity index (χ4n) is 2.94. The molecule has 1 saturated carbocycles. The third kappa shape index (κ3) is 2.44. The van der Waals surface area contributed by atoms with Gasteiger partial charge in [0.15, 0.2) is 0 Å². The van der Waals surface area contributed by atoms with Crippen molar-refractivity contribution in [2.45, 2.75) is 52.5 Å². The summed E-state index contributed by atoms with van der Waals surface area (Å²) in [4.78, 5) is 0. The average Bonchev–Trinajstić information content (AvgIpc) is 2.02. The summed E-state index contributed by atoms with van der Waals surface area (Å²) in [5, 5.41) is 0. The number of hydrogen-bond donors (Lipinski definition) is 2. The predicted molar refractivity (Wildman–Crippen MR) is 57.4 cm³/mol. The van der Waals surface area contributed by atoms with E-state index in [1.54, 1.807) is 0 Å². The normalized spacial score (nSPS) is 46.4. The predicted octanol–water partition coefficient (Wildman–Crippen LogP) is 1.88. The molecule has 1 aliphatic carbocycles. The first-order chi connectivity index (χ1) is 5.93. The molecule has 0 saturated heterocycles. The zero-order valence-electron chi connectivity index (χ0n) is 9.27. The monoisotopic (exact) mass is 184 g/mol. The Kier molecular flexibility index (Phi) is 3.03. The van der Waals surface area contributed by atoms with Gasteiger partial charge < -0.3 is 11.5 Å². The van der Waals surface area contributed by atoms with Crippen LogP contribution in [0.25, 0.3) is 0 Å². The van der Waals surface area contributed by atoms with Crippen molar-refractivity contribution in [2.24, 2.45) is 22.3 Å². The third-order valence-corrected chi connectivity index (χ3v) is 3.71. The molecule has 3 atom stereocenters. The highest BCUT2D eigenvalue weighted by molar-refractivity contribution is 4.94. The molecule has 0 aliphatic heterocycles. The first kappa shape index (κ1) is 11.0. The van der Waals surface area contributed by atoms with E-state index < -0.39 is 0 Å². The SMILES string of the molecule is CCC1(C)CC(N)CC(C)(CN)C1. The lowest BCUT2D eigenvalue weighted by Crippen LogP contribution is -2.46. The van der Waals surface area contributed by atoms with E-state index in [2.05, 4.69) is 20.8 Å². The Morgan fingerprint density at radius 2 is 1.77 bits per heavy atom. The lowest BCUT2D eigenvalue weighted by atomic mass is 9.61. The van der Waals surface area contributed by atoms with Crippen LogP contribution in [0.15, 0.2) is 0 Å². The maximum Gasteiger partial charge on any atom is 0.00496 e. The first-order valence-corrected chi connectivity index (χ1v) is 5.39. The maximum atomic E-state index is 6.08. The topological polar surface area (TPSA) is 52.0 Å². The Hall–Kier alpha value is -0.0800. The molecule has 0 aromatic carbocycles. The van der Waals surface area contributed by atoms with E-state index in [1.165, 1.54) is 19.3 Å². The average molecular weight is 184 g/mol. The van der Waals surface area contributed by atoms with Crippen LogP contribution in [0, 0.1) is 10.8 Å². The molecular formula is C11H24N2. The van der Waals surface area contributed by atoms with E-state index in [-0.39, 0.29) is 5.41 Å². The van der Waals surface area contributed by atoms with Crippen LogP contribution in [0.2, 0.25) is 0 Å². The van der Waals surface area contributed by atoms with Crippen molar-refractivity contribution in [1.82, 2.24) is 0 Å². The summed E-state index contributed by atoms with van der Waals surface area (Å²) in [5.74, 6) is 0. The summed E-state index contributed by atoms with van der Waals surface area (Å²) in [6.07, 6.45) is 4.72. The minimum atomic E-state index is 0.280. The van der Waals surface area contributed by atoms with Gasteiger partial charge in [-0.15, -0.1) is 0 Å². The minimum absolute atomic E-state index is 0.280. The molecule has 0 bridgehead atoms. The maximum absolute atomic E-state index is 6.08. The molecule has 0 aromatic rings. The highest BCUT2D eigenvalue weighted by atomic mass is 14.7. The van der Waals surface area contributed by atoms with E-state index in [4.69, 9.17) is 11.5 Å². The Balaban J connectivity index is 2.73. The molecule has 1 aliphatic rings. The van der Waals surface area contributed by atoms with Crippen LogP contribution in [-0.4, -0.2) is 12.6 Å². The Morgan fingerprint density at radius 3 is 2.23 bits per heavy atom. The smallest absolute Gasteiger partial charge is 0.00496 e. The van der Waals surface area contributed by atoms with Crippen molar-refractivity contribution in [2.75, 3.05) is 6.54 Å². The Bertz CT molecular complexity index is 163. The molecule has 4 N–H and O–H groups in total. The van der Waals surface area contributed by atoms with Crippen molar-refractivity contribution in [3.05, 3.63) is 0 Å². The van der Waals surface area contributed by atoms with Gasteiger partial charge in [-0.25, -0.2) is 0 Å². The molecule has 0 radical (unpaired) electrons. The van der Waals surface area contributed by atoms with Gasteiger partial charge in [0, 0.05) is 6.04 Å². The van der Waals surface area contributed by atoms with Crippen molar-refractivity contribution in [1.29, 1.82) is 0 Å². The molecule has 13 heavy (non-hydrogen) atoms. The second kappa shape index (κ2) is 3.58. The van der Waals surface area contributed by atoms with E-state index >= 15 is 0 Å². The lowest BCUT2D eigenvalue weighted by Gasteiger charge is -2.46. The third-order valence-electron chi connectivity index (χ3n) is 3.71. The van der Waals surface area contributed by atoms with Crippen LogP contribution < -0.4 is 11.5 Å². The van der Waals surface area contributed by atoms with Crippen molar-refractivity contribution >= 4 is 0 Å². The Morgan fingerprint density at radius 1 is 1.23 bits per heavy atom. The second-order valence-electron chi connectivity index (χ2n) is 5.52. The van der Waals surface area contributed by atoms with Crippen molar-refractivity contribution < 1.29 is 0 Å². The van der Waals surface area contributed by atoms with Gasteiger partial charge in [-0.3, -0.25) is 0 Å². The van der Waals surface area contributed by atoms with Gasteiger partial charge in [0.05, 0.1) is 0 Å². The van der Waals surface area contributed by atoms with Gasteiger partial charge in [-0.1, -0.05) is 27.2 Å². The molecule has 1 fully saturated rings. The molecule has 78 valence electrons. The summed E-state index contributed by atoms with van der Waals surface area (Å²) in [5.41, 5.74) is 12.6. The molecule has 0 heterocycles. The molecule has 2 heteroatoms. The van der Waals surface area contributed by atoms with Gasteiger partial charge in [-0.05, 0) is 36.6 Å². The van der Waals surface area contributed by atoms with Crippen LogP contribution in [0.4, 0.5) is 0 Å². The van der Waals surface area contributed by atoms with Gasteiger partial charge in [0.1, 0.15) is 0 Å². The van der Waals surface area contributed by atoms with Gasteiger partial charge in [0.2, 0.25) is 0 Å². The zero-order valence-corrected chi connectivity index (χ0v) is 9.27. The number of rotatable bonds is 2. The van der Waals surface area contributed by atoms with Crippen LogP contribution in [0.3, 0.4) is 0 Å². The van der Waals surface area contributed by atoms with E-state index in [9.17, 15) is 0 Å². The van der Waals surface area contributed by atoms with Gasteiger partial charge in [0.25, 0.3) is 0 Å². The summed E-state index contributed by atoms with van der Waals surface area (Å²) >= 11 is 0. The van der Waals surface area contributed by atoms with Crippen LogP contribution >= 0.6 is 0 Å². The van der Waals surface area contributed by atoms with Crippen LogP contribution in [-0.2, 0) is 0 Å². The number of hydrogen-bond acceptors (Lipinski definition) is 2. The first-order valence-electron chi connectivity index (χ1n) is 5.39. The molecule has 2 nitrogen and oxygen atoms in total. The van der Waals surface area contributed by atoms with E-state index in [1.807, 2.05) is 0 Å². The van der Waals surface area contributed by atoms with Crippen LogP contribution in [0.1, 0.15) is 46.5 Å². The van der Waals surface area contributed by atoms with Crippen LogP contribution in [0.5, 0.6) is 0 Å². The molecule has 1 rings (SSSR count). The molecule has 0 aromatic heterocycles. The van der Waals surface area contributed by atoms with Crippen molar-refractivity contribution in [3.8, 4) is 0 Å². The second-order valence-corrected chi connectivity index (χ2v) is 5.52. The summed E-state index contributed by atoms with van der Waals surface area (Å²) in [6, 6.07) is 0.354. The van der Waals surface area contributed by atoms with Crippen molar-refractivity contribution in [3.63, 3.8) is 0 Å². The standard InChI is InChI=1S/C11H24N2/c1-4-10(2)5-9(13)6-11(3,7-10)8-12/h9H,4-8,12-13H2,1-3H3. The summed E-state index contributed by atoms with van der Waals surface area (Å²) in [7, 11) is 0. The Labute approximate surface area is 82.1 Å². The fourth-order valence-corrected chi connectivity index (χ4v) is 2.94. The summed E-state index contributed by atoms with van der Waals surface area (Å²) < 4.78 is 0. The van der Waals surface area contributed by atoms with Gasteiger partial charge in [-0.2, -0.15) is 0 Å².